The lowest BCUT2D eigenvalue weighted by Crippen LogP contribution is -2.21. The maximum atomic E-state index is 6.37. The fraction of sp³-hybridized carbons (Fsp3) is 0.455. The first kappa shape index (κ1) is 16.9. The van der Waals surface area contributed by atoms with E-state index in [-0.39, 0.29) is 6.04 Å². The van der Waals surface area contributed by atoms with Crippen LogP contribution < -0.4 is 11.5 Å². The van der Waals surface area contributed by atoms with E-state index in [0.29, 0.717) is 11.8 Å². The summed E-state index contributed by atoms with van der Waals surface area (Å²) in [6.45, 7) is 0.798. The Morgan fingerprint density at radius 3 is 2.85 bits per heavy atom. The number of nitrogens with one attached hydrogen (secondary N) is 1. The van der Waals surface area contributed by atoms with Crippen molar-refractivity contribution < 1.29 is 0 Å². The first-order chi connectivity index (χ1) is 13.2. The molecule has 5 N–H and O–H groups in total. The lowest BCUT2D eigenvalue weighted by Gasteiger charge is -2.23. The first-order valence-corrected chi connectivity index (χ1v) is 10.1. The molecule has 27 heavy (non-hydrogen) atoms. The number of benzene rings is 1. The molecule has 0 radical (unpaired) electrons. The maximum absolute atomic E-state index is 6.37. The standard InChI is InChI=1S/C22H27N5/c23-12-16-10-14(16)9-15-8-13-4-3-5-17(24)22(13)27-20(15)11-21-25-18-6-1-2-7-19(18)26-21/h1-2,6-8,14,16-17H,3-5,9-12,23-24H2,(H,25,26)/t14-,16+,17-/m0/s1. The number of nitrogens with two attached hydrogens (primary N) is 2. The van der Waals surface area contributed by atoms with E-state index in [2.05, 4.69) is 17.1 Å². The molecule has 5 heteroatoms. The number of pyridine rings is 1. The molecular weight excluding hydrogens is 334 g/mol. The third-order valence-electron chi connectivity index (χ3n) is 6.24. The van der Waals surface area contributed by atoms with Gasteiger partial charge in [-0.15, -0.1) is 0 Å². The summed E-state index contributed by atoms with van der Waals surface area (Å²) in [5.74, 6) is 2.37. The molecule has 2 heterocycles. The highest BCUT2D eigenvalue weighted by Crippen LogP contribution is 2.41. The summed E-state index contributed by atoms with van der Waals surface area (Å²) in [4.78, 5) is 13.3. The third kappa shape index (κ3) is 3.26. The minimum Gasteiger partial charge on any atom is -0.342 e. The van der Waals surface area contributed by atoms with Gasteiger partial charge in [0.25, 0.3) is 0 Å². The van der Waals surface area contributed by atoms with Crippen molar-refractivity contribution in [1.82, 2.24) is 15.0 Å². The molecular formula is C22H27N5. The van der Waals surface area contributed by atoms with Crippen LogP contribution in [0.2, 0.25) is 0 Å². The largest absolute Gasteiger partial charge is 0.342 e. The van der Waals surface area contributed by atoms with E-state index in [1.807, 2.05) is 18.2 Å². The Bertz CT molecular complexity index is 943. The molecule has 1 aromatic carbocycles. The topological polar surface area (TPSA) is 93.6 Å². The molecule has 5 nitrogen and oxygen atoms in total. The number of aryl methyl sites for hydroxylation is 1. The monoisotopic (exact) mass is 361 g/mol. The van der Waals surface area contributed by atoms with E-state index in [9.17, 15) is 0 Å². The maximum Gasteiger partial charge on any atom is 0.113 e. The van der Waals surface area contributed by atoms with Gasteiger partial charge < -0.3 is 16.5 Å². The number of hydrogen-bond donors (Lipinski definition) is 3. The highest BCUT2D eigenvalue weighted by atomic mass is 14.9. The second kappa shape index (κ2) is 6.73. The average molecular weight is 361 g/mol. The molecule has 3 aromatic rings. The Kier molecular flexibility index (Phi) is 4.21. The summed E-state index contributed by atoms with van der Waals surface area (Å²) in [5, 5.41) is 0. The minimum absolute atomic E-state index is 0.0648. The zero-order valence-electron chi connectivity index (χ0n) is 15.6. The van der Waals surface area contributed by atoms with Crippen LogP contribution in [0.25, 0.3) is 11.0 Å². The molecule has 1 saturated carbocycles. The lowest BCUT2D eigenvalue weighted by atomic mass is 9.89. The Hall–Kier alpha value is -2.24. The van der Waals surface area contributed by atoms with Crippen LogP contribution in [0, 0.1) is 11.8 Å². The van der Waals surface area contributed by atoms with E-state index in [0.717, 1.165) is 66.9 Å². The van der Waals surface area contributed by atoms with Crippen LogP contribution in [0.15, 0.2) is 30.3 Å². The number of aromatic amines is 1. The van der Waals surface area contributed by atoms with Crippen LogP contribution in [-0.4, -0.2) is 21.5 Å². The number of nitrogens with zero attached hydrogens (tertiary/aromatic N) is 2. The van der Waals surface area contributed by atoms with Crippen molar-refractivity contribution in [3.63, 3.8) is 0 Å². The Morgan fingerprint density at radius 2 is 2.04 bits per heavy atom. The zero-order chi connectivity index (χ0) is 18.4. The molecule has 1 fully saturated rings. The number of fused-ring (bicyclic) bond motifs is 2. The highest BCUT2D eigenvalue weighted by molar-refractivity contribution is 5.74. The highest BCUT2D eigenvalue weighted by Gasteiger charge is 2.36. The van der Waals surface area contributed by atoms with Gasteiger partial charge in [0.05, 0.1) is 22.4 Å². The Labute approximate surface area is 159 Å². The van der Waals surface area contributed by atoms with Crippen molar-refractivity contribution in [1.29, 1.82) is 0 Å². The predicted molar refractivity (Wildman–Crippen MR) is 107 cm³/mol. The fourth-order valence-electron chi connectivity index (χ4n) is 4.54. The smallest absolute Gasteiger partial charge is 0.113 e. The van der Waals surface area contributed by atoms with E-state index in [1.54, 1.807) is 0 Å². The van der Waals surface area contributed by atoms with E-state index >= 15 is 0 Å². The summed E-state index contributed by atoms with van der Waals surface area (Å²) < 4.78 is 0. The molecule has 3 atom stereocenters. The number of imidazole rings is 1. The predicted octanol–water partition coefficient (Wildman–Crippen LogP) is 3.02. The molecule has 0 unspecified atom stereocenters. The van der Waals surface area contributed by atoms with Crippen molar-refractivity contribution in [3.05, 3.63) is 58.7 Å². The Balaban J connectivity index is 1.50. The van der Waals surface area contributed by atoms with Gasteiger partial charge >= 0.3 is 0 Å². The van der Waals surface area contributed by atoms with Gasteiger partial charge in [0.15, 0.2) is 0 Å². The average Bonchev–Trinajstić information content (AvgIpc) is 3.30. The van der Waals surface area contributed by atoms with Gasteiger partial charge in [-0.3, -0.25) is 4.98 Å². The van der Waals surface area contributed by atoms with Crippen LogP contribution in [0.5, 0.6) is 0 Å². The van der Waals surface area contributed by atoms with E-state index < -0.39 is 0 Å². The summed E-state index contributed by atoms with van der Waals surface area (Å²) in [6, 6.07) is 10.6. The van der Waals surface area contributed by atoms with Crippen molar-refractivity contribution in [2.45, 2.75) is 44.6 Å². The number of para-hydroxylation sites is 2. The number of H-pyrrole nitrogens is 1. The summed E-state index contributed by atoms with van der Waals surface area (Å²) in [6.07, 6.45) is 6.33. The molecule has 0 spiro atoms. The van der Waals surface area contributed by atoms with Crippen LogP contribution >= 0.6 is 0 Å². The molecule has 5 rings (SSSR count). The van der Waals surface area contributed by atoms with Crippen LogP contribution in [0.4, 0.5) is 0 Å². The zero-order valence-corrected chi connectivity index (χ0v) is 15.6. The number of aromatic nitrogens is 3. The molecule has 0 saturated heterocycles. The van der Waals surface area contributed by atoms with Crippen LogP contribution in [0.1, 0.15) is 53.6 Å². The van der Waals surface area contributed by atoms with E-state index in [1.165, 1.54) is 17.5 Å². The van der Waals surface area contributed by atoms with Gasteiger partial charge in [0, 0.05) is 12.5 Å². The van der Waals surface area contributed by atoms with E-state index in [4.69, 9.17) is 21.4 Å². The molecule has 2 aliphatic carbocycles. The van der Waals surface area contributed by atoms with Crippen molar-refractivity contribution in [3.8, 4) is 0 Å². The lowest BCUT2D eigenvalue weighted by molar-refractivity contribution is 0.549. The molecule has 2 aromatic heterocycles. The number of rotatable bonds is 5. The van der Waals surface area contributed by atoms with Gasteiger partial charge in [-0.25, -0.2) is 4.98 Å². The van der Waals surface area contributed by atoms with Crippen LogP contribution in [-0.2, 0) is 19.3 Å². The first-order valence-electron chi connectivity index (χ1n) is 10.1. The van der Waals surface area contributed by atoms with Crippen molar-refractivity contribution in [2.75, 3.05) is 6.54 Å². The summed E-state index contributed by atoms with van der Waals surface area (Å²) in [5.41, 5.74) is 19.3. The minimum atomic E-state index is 0.0648. The third-order valence-corrected chi connectivity index (χ3v) is 6.24. The van der Waals surface area contributed by atoms with Crippen LogP contribution in [0.3, 0.4) is 0 Å². The number of hydrogen-bond acceptors (Lipinski definition) is 4. The second-order valence-electron chi connectivity index (χ2n) is 8.21. The molecule has 0 bridgehead atoms. The molecule has 0 amide bonds. The normalized spacial score (nSPS) is 24.1. The van der Waals surface area contributed by atoms with Crippen molar-refractivity contribution >= 4 is 11.0 Å². The van der Waals surface area contributed by atoms with Gasteiger partial charge in [-0.05, 0) is 73.7 Å². The second-order valence-corrected chi connectivity index (χ2v) is 8.21. The quantitative estimate of drug-likeness (QED) is 0.651. The molecule has 140 valence electrons. The molecule has 2 aliphatic rings. The van der Waals surface area contributed by atoms with Gasteiger partial charge in [0.2, 0.25) is 0 Å². The van der Waals surface area contributed by atoms with Crippen molar-refractivity contribution in [2.24, 2.45) is 23.3 Å². The van der Waals surface area contributed by atoms with Gasteiger partial charge in [-0.2, -0.15) is 0 Å². The SMILES string of the molecule is NC[C@H]1C[C@@H]1Cc1cc2c(nc1Cc1nc3ccccc3[nH]1)[C@@H](N)CCC2. The Morgan fingerprint density at radius 1 is 1.15 bits per heavy atom. The summed E-state index contributed by atoms with van der Waals surface area (Å²) >= 11 is 0. The summed E-state index contributed by atoms with van der Waals surface area (Å²) in [7, 11) is 0. The molecule has 0 aliphatic heterocycles. The van der Waals surface area contributed by atoms with Gasteiger partial charge in [0.1, 0.15) is 5.82 Å². The fourth-order valence-corrected chi connectivity index (χ4v) is 4.54. The van der Waals surface area contributed by atoms with Gasteiger partial charge in [-0.1, -0.05) is 18.2 Å².